The molecule has 0 aliphatic heterocycles. The molecular weight excluding hydrogens is 238 g/mol. The topological polar surface area (TPSA) is 55.4 Å². The van der Waals surface area contributed by atoms with Gasteiger partial charge in [0, 0.05) is 12.7 Å². The van der Waals surface area contributed by atoms with E-state index in [1.807, 2.05) is 35.8 Å². The van der Waals surface area contributed by atoms with Gasteiger partial charge in [0.15, 0.2) is 0 Å². The number of hydrogen-bond acceptors (Lipinski definition) is 4. The lowest BCUT2D eigenvalue weighted by molar-refractivity contribution is -0.160. The van der Waals surface area contributed by atoms with Crippen molar-refractivity contribution >= 4 is 24.5 Å². The zero-order valence-electron chi connectivity index (χ0n) is 9.55. The normalized spacial score (nSPS) is 11.6. The first-order valence-corrected chi connectivity index (χ1v) is 5.88. The molecule has 0 bridgehead atoms. The Bertz CT molecular complexity index is 381. The Balaban J connectivity index is 2.53. The van der Waals surface area contributed by atoms with Gasteiger partial charge in [0.05, 0.1) is 5.92 Å². The molecule has 0 saturated heterocycles. The van der Waals surface area contributed by atoms with E-state index >= 15 is 0 Å². The summed E-state index contributed by atoms with van der Waals surface area (Å²) in [5.41, 5.74) is 3.06. The fourth-order valence-electron chi connectivity index (χ4n) is 1.33. The molecule has 1 aromatic rings. The highest BCUT2D eigenvalue weighted by atomic mass is 32.1. The van der Waals surface area contributed by atoms with Gasteiger partial charge in [-0.15, -0.1) is 0 Å². The molecule has 0 fully saturated rings. The first-order chi connectivity index (χ1) is 8.13. The smallest absolute Gasteiger partial charge is 0.336 e. The van der Waals surface area contributed by atoms with Crippen LogP contribution < -0.4 is 5.48 Å². The summed E-state index contributed by atoms with van der Waals surface area (Å²) in [4.78, 5) is 26.8. The maximum Gasteiger partial charge on any atom is 0.336 e. The molecule has 0 spiro atoms. The SMILES string of the molecule is CC(=O)NOC(=O)C(CS)Cc1ccccc1. The van der Waals surface area contributed by atoms with Crippen LogP contribution in [0.3, 0.4) is 0 Å². The third-order valence-corrected chi connectivity index (χ3v) is 2.61. The van der Waals surface area contributed by atoms with E-state index in [2.05, 4.69) is 17.5 Å². The molecule has 5 heteroatoms. The minimum absolute atomic E-state index is 0.368. The van der Waals surface area contributed by atoms with Crippen molar-refractivity contribution in [3.05, 3.63) is 35.9 Å². The van der Waals surface area contributed by atoms with Gasteiger partial charge in [0.2, 0.25) is 5.91 Å². The molecular formula is C12H15NO3S. The third-order valence-electron chi connectivity index (χ3n) is 2.17. The van der Waals surface area contributed by atoms with Gasteiger partial charge in [-0.2, -0.15) is 18.1 Å². The van der Waals surface area contributed by atoms with Crippen LogP contribution in [0.25, 0.3) is 0 Å². The van der Waals surface area contributed by atoms with E-state index in [4.69, 9.17) is 0 Å². The molecule has 92 valence electrons. The number of benzene rings is 1. The number of carbonyl (C=O) groups is 2. The molecule has 1 atom stereocenters. The van der Waals surface area contributed by atoms with Gasteiger partial charge in [0.1, 0.15) is 0 Å². The number of amides is 1. The van der Waals surface area contributed by atoms with Crippen LogP contribution in [-0.4, -0.2) is 17.6 Å². The molecule has 1 rings (SSSR count). The third kappa shape index (κ3) is 4.91. The van der Waals surface area contributed by atoms with Crippen LogP contribution in [0.5, 0.6) is 0 Å². The molecule has 0 aromatic heterocycles. The quantitative estimate of drug-likeness (QED) is 0.629. The standard InChI is InChI=1S/C12H15NO3S/c1-9(14)13-16-12(15)11(8-17)7-10-5-3-2-4-6-10/h2-6,11,17H,7-8H2,1H3,(H,13,14). The van der Waals surface area contributed by atoms with Gasteiger partial charge >= 0.3 is 5.97 Å². The Morgan fingerprint density at radius 1 is 1.35 bits per heavy atom. The first-order valence-electron chi connectivity index (χ1n) is 5.25. The van der Waals surface area contributed by atoms with Crippen LogP contribution >= 0.6 is 12.6 Å². The summed E-state index contributed by atoms with van der Waals surface area (Å²) in [5.74, 6) is -0.879. The van der Waals surface area contributed by atoms with Gasteiger partial charge in [0.25, 0.3) is 0 Å². The van der Waals surface area contributed by atoms with E-state index in [1.165, 1.54) is 6.92 Å². The predicted octanol–water partition coefficient (Wildman–Crippen LogP) is 1.37. The minimum atomic E-state index is -0.473. The van der Waals surface area contributed by atoms with Crippen molar-refractivity contribution in [2.45, 2.75) is 13.3 Å². The predicted molar refractivity (Wildman–Crippen MR) is 67.4 cm³/mol. The Kier molecular flexibility index (Phi) is 5.56. The monoisotopic (exact) mass is 253 g/mol. The molecule has 0 radical (unpaired) electrons. The fourth-order valence-corrected chi connectivity index (χ4v) is 1.60. The molecule has 0 saturated carbocycles. The second-order valence-corrected chi connectivity index (χ2v) is 4.01. The van der Waals surface area contributed by atoms with Crippen molar-refractivity contribution in [2.75, 3.05) is 5.75 Å². The highest BCUT2D eigenvalue weighted by Gasteiger charge is 2.19. The number of carbonyl (C=O) groups excluding carboxylic acids is 2. The van der Waals surface area contributed by atoms with Crippen molar-refractivity contribution in [2.24, 2.45) is 5.92 Å². The molecule has 0 heterocycles. The van der Waals surface area contributed by atoms with Gasteiger partial charge in [-0.3, -0.25) is 4.79 Å². The Labute approximate surface area is 106 Å². The summed E-state index contributed by atoms with van der Waals surface area (Å²) in [7, 11) is 0. The molecule has 1 unspecified atom stereocenters. The van der Waals surface area contributed by atoms with Crippen LogP contribution in [0.15, 0.2) is 30.3 Å². The zero-order valence-corrected chi connectivity index (χ0v) is 10.4. The first kappa shape index (κ1) is 13.6. The Morgan fingerprint density at radius 3 is 2.53 bits per heavy atom. The van der Waals surface area contributed by atoms with E-state index in [1.54, 1.807) is 0 Å². The Hall–Kier alpha value is -1.49. The van der Waals surface area contributed by atoms with Crippen LogP contribution in [0, 0.1) is 5.92 Å². The average Bonchev–Trinajstić information content (AvgIpc) is 2.34. The summed E-state index contributed by atoms with van der Waals surface area (Å²) in [6, 6.07) is 9.59. The van der Waals surface area contributed by atoms with Gasteiger partial charge in [-0.05, 0) is 12.0 Å². The van der Waals surface area contributed by atoms with Crippen LogP contribution in [0.4, 0.5) is 0 Å². The van der Waals surface area contributed by atoms with Gasteiger partial charge in [-0.25, -0.2) is 4.79 Å². The lowest BCUT2D eigenvalue weighted by Gasteiger charge is -2.12. The number of thiol groups is 1. The largest absolute Gasteiger partial charge is 0.340 e. The average molecular weight is 253 g/mol. The zero-order chi connectivity index (χ0) is 12.7. The van der Waals surface area contributed by atoms with Crippen LogP contribution in [0.1, 0.15) is 12.5 Å². The van der Waals surface area contributed by atoms with E-state index in [0.29, 0.717) is 12.2 Å². The van der Waals surface area contributed by atoms with Crippen LogP contribution in [0.2, 0.25) is 0 Å². The number of hydrogen-bond donors (Lipinski definition) is 2. The molecule has 1 aromatic carbocycles. The van der Waals surface area contributed by atoms with Gasteiger partial charge in [-0.1, -0.05) is 30.3 Å². The van der Waals surface area contributed by atoms with E-state index in [0.717, 1.165) is 5.56 Å². The lowest BCUT2D eigenvalue weighted by Crippen LogP contribution is -2.30. The highest BCUT2D eigenvalue weighted by molar-refractivity contribution is 7.80. The fraction of sp³-hybridized carbons (Fsp3) is 0.333. The number of hydroxylamine groups is 1. The summed E-state index contributed by atoms with van der Waals surface area (Å²) in [6.07, 6.45) is 0.544. The molecule has 17 heavy (non-hydrogen) atoms. The van der Waals surface area contributed by atoms with Gasteiger partial charge < -0.3 is 4.84 Å². The summed E-state index contributed by atoms with van der Waals surface area (Å²) >= 11 is 4.12. The van der Waals surface area contributed by atoms with E-state index in [-0.39, 0.29) is 5.92 Å². The molecule has 1 N–H and O–H groups in total. The molecule has 0 aliphatic carbocycles. The van der Waals surface area contributed by atoms with Crippen molar-refractivity contribution in [3.63, 3.8) is 0 Å². The number of nitrogens with one attached hydrogen (secondary N) is 1. The molecule has 0 aliphatic rings. The van der Waals surface area contributed by atoms with Crippen molar-refractivity contribution < 1.29 is 14.4 Å². The van der Waals surface area contributed by atoms with Crippen molar-refractivity contribution in [1.29, 1.82) is 0 Å². The second-order valence-electron chi connectivity index (χ2n) is 3.65. The number of rotatable bonds is 4. The Morgan fingerprint density at radius 2 is 2.00 bits per heavy atom. The highest BCUT2D eigenvalue weighted by Crippen LogP contribution is 2.11. The maximum absolute atomic E-state index is 11.6. The molecule has 4 nitrogen and oxygen atoms in total. The summed E-state index contributed by atoms with van der Waals surface area (Å²) in [5, 5.41) is 0. The minimum Gasteiger partial charge on any atom is -0.340 e. The van der Waals surface area contributed by atoms with Crippen molar-refractivity contribution in [3.8, 4) is 0 Å². The second kappa shape index (κ2) is 6.96. The van der Waals surface area contributed by atoms with E-state index in [9.17, 15) is 9.59 Å². The maximum atomic E-state index is 11.6. The van der Waals surface area contributed by atoms with Crippen LogP contribution in [-0.2, 0) is 20.8 Å². The van der Waals surface area contributed by atoms with Crippen molar-refractivity contribution in [1.82, 2.24) is 5.48 Å². The summed E-state index contributed by atoms with van der Waals surface area (Å²) < 4.78 is 0. The van der Waals surface area contributed by atoms with E-state index < -0.39 is 11.9 Å². The lowest BCUT2D eigenvalue weighted by atomic mass is 10.0. The summed E-state index contributed by atoms with van der Waals surface area (Å²) in [6.45, 7) is 1.28. The molecule has 1 amide bonds.